The van der Waals surface area contributed by atoms with Crippen LogP contribution in [0.5, 0.6) is 0 Å². The number of rotatable bonds is 3. The number of anilines is 4. The maximum absolute atomic E-state index is 5.68. The Labute approximate surface area is 118 Å². The Kier molecular flexibility index (Phi) is 3.67. The van der Waals surface area contributed by atoms with E-state index in [9.17, 15) is 0 Å². The predicted molar refractivity (Wildman–Crippen MR) is 82.2 cm³/mol. The molecule has 0 saturated carbocycles. The van der Waals surface area contributed by atoms with Crippen LogP contribution in [0.15, 0.2) is 36.7 Å². The van der Waals surface area contributed by atoms with Crippen LogP contribution in [0.25, 0.3) is 0 Å². The van der Waals surface area contributed by atoms with E-state index in [0.717, 1.165) is 36.1 Å². The molecule has 104 valence electrons. The highest BCUT2D eigenvalue weighted by atomic mass is 15.2. The highest BCUT2D eigenvalue weighted by Gasteiger charge is 2.12. The zero-order chi connectivity index (χ0) is 13.8. The van der Waals surface area contributed by atoms with Gasteiger partial charge in [-0.2, -0.15) is 0 Å². The summed E-state index contributed by atoms with van der Waals surface area (Å²) in [4.78, 5) is 11.0. The SMILES string of the molecule is Nc1ccc(Nc2cc(N3CCCCC3)ncn2)cc1. The fraction of sp³-hybridized carbons (Fsp3) is 0.333. The third-order valence-electron chi connectivity index (χ3n) is 3.52. The summed E-state index contributed by atoms with van der Waals surface area (Å²) >= 11 is 0. The summed E-state index contributed by atoms with van der Waals surface area (Å²) in [6.45, 7) is 2.16. The molecule has 0 spiro atoms. The number of nitrogens with zero attached hydrogens (tertiary/aromatic N) is 3. The molecule has 20 heavy (non-hydrogen) atoms. The number of piperidine rings is 1. The van der Waals surface area contributed by atoms with Crippen LogP contribution < -0.4 is 16.0 Å². The molecule has 0 aliphatic carbocycles. The molecule has 5 nitrogen and oxygen atoms in total. The van der Waals surface area contributed by atoms with Gasteiger partial charge in [0.2, 0.25) is 0 Å². The molecule has 0 amide bonds. The normalized spacial score (nSPS) is 15.1. The highest BCUT2D eigenvalue weighted by Crippen LogP contribution is 2.21. The second-order valence-electron chi connectivity index (χ2n) is 5.06. The molecular formula is C15H19N5. The van der Waals surface area contributed by atoms with Gasteiger partial charge in [-0.1, -0.05) is 0 Å². The first-order valence-corrected chi connectivity index (χ1v) is 7.01. The van der Waals surface area contributed by atoms with Crippen molar-refractivity contribution in [1.82, 2.24) is 9.97 Å². The molecule has 3 rings (SSSR count). The topological polar surface area (TPSA) is 67.1 Å². The van der Waals surface area contributed by atoms with Gasteiger partial charge in [0, 0.05) is 30.5 Å². The lowest BCUT2D eigenvalue weighted by Gasteiger charge is -2.27. The largest absolute Gasteiger partial charge is 0.399 e. The minimum absolute atomic E-state index is 0.757. The van der Waals surface area contributed by atoms with Crippen LogP contribution in [-0.4, -0.2) is 23.1 Å². The summed E-state index contributed by atoms with van der Waals surface area (Å²) in [7, 11) is 0. The maximum Gasteiger partial charge on any atom is 0.135 e. The third kappa shape index (κ3) is 2.99. The molecule has 1 aromatic carbocycles. The van der Waals surface area contributed by atoms with Crippen LogP contribution in [0.4, 0.5) is 23.0 Å². The highest BCUT2D eigenvalue weighted by molar-refractivity contribution is 5.61. The summed E-state index contributed by atoms with van der Waals surface area (Å²) in [5.41, 5.74) is 7.41. The first-order chi connectivity index (χ1) is 9.81. The Morgan fingerprint density at radius 2 is 1.75 bits per heavy atom. The quantitative estimate of drug-likeness (QED) is 0.839. The van der Waals surface area contributed by atoms with E-state index in [1.165, 1.54) is 19.3 Å². The van der Waals surface area contributed by atoms with Gasteiger partial charge in [-0.25, -0.2) is 9.97 Å². The standard InChI is InChI=1S/C15H19N5/c16-12-4-6-13(7-5-12)19-14-10-15(18-11-17-14)20-8-2-1-3-9-20/h4-7,10-11H,1-3,8-9,16H2,(H,17,18,19). The Hall–Kier alpha value is -2.30. The van der Waals surface area contributed by atoms with E-state index >= 15 is 0 Å². The van der Waals surface area contributed by atoms with Crippen molar-refractivity contribution in [3.63, 3.8) is 0 Å². The van der Waals surface area contributed by atoms with Gasteiger partial charge in [-0.15, -0.1) is 0 Å². The second kappa shape index (κ2) is 5.77. The molecule has 3 N–H and O–H groups in total. The summed E-state index contributed by atoms with van der Waals surface area (Å²) in [6.07, 6.45) is 5.41. The van der Waals surface area contributed by atoms with Crippen molar-refractivity contribution >= 4 is 23.0 Å². The smallest absolute Gasteiger partial charge is 0.135 e. The van der Waals surface area contributed by atoms with Gasteiger partial charge in [0.15, 0.2) is 0 Å². The molecule has 1 aliphatic rings. The summed E-state index contributed by atoms with van der Waals surface area (Å²) < 4.78 is 0. The van der Waals surface area contributed by atoms with Crippen LogP contribution in [0.3, 0.4) is 0 Å². The molecule has 2 aromatic rings. The minimum Gasteiger partial charge on any atom is -0.399 e. The number of nitrogens with one attached hydrogen (secondary N) is 1. The van der Waals surface area contributed by atoms with Gasteiger partial charge < -0.3 is 16.0 Å². The Morgan fingerprint density at radius 1 is 1.00 bits per heavy atom. The van der Waals surface area contributed by atoms with Gasteiger partial charge in [-0.3, -0.25) is 0 Å². The van der Waals surface area contributed by atoms with Gasteiger partial charge in [0.25, 0.3) is 0 Å². The summed E-state index contributed by atoms with van der Waals surface area (Å²) in [5.74, 6) is 1.81. The molecule has 0 atom stereocenters. The molecule has 1 saturated heterocycles. The maximum atomic E-state index is 5.68. The first-order valence-electron chi connectivity index (χ1n) is 7.01. The fourth-order valence-electron chi connectivity index (χ4n) is 2.43. The van der Waals surface area contributed by atoms with Crippen LogP contribution in [0, 0.1) is 0 Å². The van der Waals surface area contributed by atoms with E-state index in [4.69, 9.17) is 5.73 Å². The van der Waals surface area contributed by atoms with Crippen LogP contribution >= 0.6 is 0 Å². The number of benzene rings is 1. The van der Waals surface area contributed by atoms with Crippen molar-refractivity contribution < 1.29 is 0 Å². The lowest BCUT2D eigenvalue weighted by Crippen LogP contribution is -2.30. The third-order valence-corrected chi connectivity index (χ3v) is 3.52. The Bertz CT molecular complexity index is 561. The van der Waals surface area contributed by atoms with Gasteiger partial charge in [0.05, 0.1) is 0 Å². The molecule has 0 unspecified atom stereocenters. The number of nitrogen functional groups attached to an aromatic ring is 1. The lowest BCUT2D eigenvalue weighted by atomic mass is 10.1. The van der Waals surface area contributed by atoms with E-state index in [1.54, 1.807) is 6.33 Å². The number of hydrogen-bond acceptors (Lipinski definition) is 5. The Balaban J connectivity index is 1.75. The zero-order valence-electron chi connectivity index (χ0n) is 11.4. The lowest BCUT2D eigenvalue weighted by molar-refractivity contribution is 0.573. The molecule has 1 fully saturated rings. The zero-order valence-corrected chi connectivity index (χ0v) is 11.4. The van der Waals surface area contributed by atoms with Crippen molar-refractivity contribution in [1.29, 1.82) is 0 Å². The van der Waals surface area contributed by atoms with Gasteiger partial charge in [0.1, 0.15) is 18.0 Å². The fourth-order valence-corrected chi connectivity index (χ4v) is 2.43. The monoisotopic (exact) mass is 269 g/mol. The van der Waals surface area contributed by atoms with Crippen molar-refractivity contribution in [3.8, 4) is 0 Å². The van der Waals surface area contributed by atoms with E-state index in [-0.39, 0.29) is 0 Å². The molecule has 2 heterocycles. The molecule has 1 aromatic heterocycles. The van der Waals surface area contributed by atoms with Gasteiger partial charge >= 0.3 is 0 Å². The van der Waals surface area contributed by atoms with E-state index in [1.807, 2.05) is 30.3 Å². The van der Waals surface area contributed by atoms with Crippen LogP contribution in [-0.2, 0) is 0 Å². The molecule has 0 radical (unpaired) electrons. The van der Waals surface area contributed by atoms with Crippen molar-refractivity contribution in [2.45, 2.75) is 19.3 Å². The Morgan fingerprint density at radius 3 is 2.50 bits per heavy atom. The van der Waals surface area contributed by atoms with E-state index in [0.29, 0.717) is 0 Å². The minimum atomic E-state index is 0.757. The second-order valence-corrected chi connectivity index (χ2v) is 5.06. The average molecular weight is 269 g/mol. The average Bonchev–Trinajstić information content (AvgIpc) is 2.51. The summed E-state index contributed by atoms with van der Waals surface area (Å²) in [6, 6.07) is 9.63. The number of nitrogens with two attached hydrogens (primary N) is 1. The van der Waals surface area contributed by atoms with Crippen molar-refractivity contribution in [2.75, 3.05) is 29.0 Å². The number of aromatic nitrogens is 2. The predicted octanol–water partition coefficient (Wildman–Crippen LogP) is 2.79. The molecular weight excluding hydrogens is 250 g/mol. The van der Waals surface area contributed by atoms with E-state index in [2.05, 4.69) is 20.2 Å². The van der Waals surface area contributed by atoms with E-state index < -0.39 is 0 Å². The molecule has 5 heteroatoms. The van der Waals surface area contributed by atoms with Crippen LogP contribution in [0.2, 0.25) is 0 Å². The molecule has 0 bridgehead atoms. The van der Waals surface area contributed by atoms with Crippen molar-refractivity contribution in [2.24, 2.45) is 0 Å². The first kappa shape index (κ1) is 12.7. The summed E-state index contributed by atoms with van der Waals surface area (Å²) in [5, 5.41) is 3.28. The molecule has 1 aliphatic heterocycles. The number of hydrogen-bond donors (Lipinski definition) is 2. The van der Waals surface area contributed by atoms with Crippen molar-refractivity contribution in [3.05, 3.63) is 36.7 Å². The van der Waals surface area contributed by atoms with Crippen LogP contribution in [0.1, 0.15) is 19.3 Å². The van der Waals surface area contributed by atoms with Gasteiger partial charge in [-0.05, 0) is 43.5 Å².